The molecule has 1 aromatic carbocycles. The summed E-state index contributed by atoms with van der Waals surface area (Å²) in [7, 11) is 0. The number of hydrogen-bond acceptors (Lipinski definition) is 4. The van der Waals surface area contributed by atoms with Crippen LogP contribution < -0.4 is 0 Å². The third-order valence-electron chi connectivity index (χ3n) is 3.46. The van der Waals surface area contributed by atoms with Crippen LogP contribution in [0.5, 0.6) is 0 Å². The highest BCUT2D eigenvalue weighted by atomic mass is 32.2. The number of aryl methyl sites for hydroxylation is 3. The van der Waals surface area contributed by atoms with E-state index in [2.05, 4.69) is 51.0 Å². The van der Waals surface area contributed by atoms with Crippen molar-refractivity contribution in [1.82, 2.24) is 14.6 Å². The summed E-state index contributed by atoms with van der Waals surface area (Å²) >= 11 is 3.43. The van der Waals surface area contributed by atoms with E-state index in [4.69, 9.17) is 4.98 Å². The van der Waals surface area contributed by atoms with Gasteiger partial charge in [-0.1, -0.05) is 42.2 Å². The van der Waals surface area contributed by atoms with Crippen LogP contribution in [0.4, 0.5) is 0 Å². The number of hydrogen-bond donors (Lipinski definition) is 0. The van der Waals surface area contributed by atoms with Gasteiger partial charge in [0.15, 0.2) is 4.34 Å². The number of benzene rings is 1. The van der Waals surface area contributed by atoms with E-state index in [0.717, 1.165) is 26.4 Å². The average molecular weight is 303 g/mol. The lowest BCUT2D eigenvalue weighted by molar-refractivity contribution is 0.883. The zero-order valence-electron chi connectivity index (χ0n) is 12.1. The summed E-state index contributed by atoms with van der Waals surface area (Å²) < 4.78 is 3.05. The van der Waals surface area contributed by atoms with Gasteiger partial charge in [-0.3, -0.25) is 0 Å². The molecule has 0 saturated heterocycles. The van der Waals surface area contributed by atoms with E-state index in [0.29, 0.717) is 0 Å². The normalized spacial score (nSPS) is 11.4. The van der Waals surface area contributed by atoms with E-state index in [9.17, 15) is 0 Å². The van der Waals surface area contributed by atoms with Gasteiger partial charge >= 0.3 is 0 Å². The fourth-order valence-corrected chi connectivity index (χ4v) is 4.05. The predicted octanol–water partition coefficient (Wildman–Crippen LogP) is 4.50. The first-order valence-electron chi connectivity index (χ1n) is 6.66. The number of aromatic nitrogens is 3. The zero-order chi connectivity index (χ0) is 14.3. The Kier molecular flexibility index (Phi) is 3.56. The molecule has 104 valence electrons. The van der Waals surface area contributed by atoms with Crippen molar-refractivity contribution in [2.24, 2.45) is 0 Å². The Balaban J connectivity index is 2.09. The monoisotopic (exact) mass is 303 g/mol. The number of fused-ring (bicyclic) bond motifs is 1. The van der Waals surface area contributed by atoms with Crippen LogP contribution in [0, 0.1) is 20.8 Å². The van der Waals surface area contributed by atoms with Crippen molar-refractivity contribution >= 4 is 28.1 Å². The first kappa shape index (κ1) is 13.6. The molecular weight excluding hydrogens is 286 g/mol. The van der Waals surface area contributed by atoms with Crippen molar-refractivity contribution in [3.05, 3.63) is 35.0 Å². The molecule has 0 aliphatic carbocycles. The zero-order valence-corrected chi connectivity index (χ0v) is 13.7. The van der Waals surface area contributed by atoms with Gasteiger partial charge in [-0.25, -0.2) is 9.50 Å². The molecular formula is C15H17N3S2. The lowest BCUT2D eigenvalue weighted by atomic mass is 10.0. The van der Waals surface area contributed by atoms with Gasteiger partial charge in [-0.2, -0.15) is 0 Å². The van der Waals surface area contributed by atoms with E-state index in [1.54, 1.807) is 23.1 Å². The van der Waals surface area contributed by atoms with Gasteiger partial charge in [0, 0.05) is 5.56 Å². The summed E-state index contributed by atoms with van der Waals surface area (Å²) in [4.78, 5) is 5.74. The molecule has 0 aliphatic heterocycles. The summed E-state index contributed by atoms with van der Waals surface area (Å²) in [5.41, 5.74) is 5.94. The number of imidazole rings is 1. The summed E-state index contributed by atoms with van der Waals surface area (Å²) in [5, 5.41) is 4.62. The van der Waals surface area contributed by atoms with Gasteiger partial charge in [0.2, 0.25) is 4.96 Å². The van der Waals surface area contributed by atoms with Crippen LogP contribution >= 0.6 is 23.1 Å². The summed E-state index contributed by atoms with van der Waals surface area (Å²) in [6.45, 7) is 8.50. The molecule has 0 atom stereocenters. The Labute approximate surface area is 127 Å². The SMILES string of the molecule is CCSc1nn2c(C)c(-c3ccc(C)c(C)c3)nc2s1. The maximum absolute atomic E-state index is 4.76. The molecule has 0 unspecified atom stereocenters. The van der Waals surface area contributed by atoms with E-state index in [-0.39, 0.29) is 0 Å². The topological polar surface area (TPSA) is 30.2 Å². The van der Waals surface area contributed by atoms with Crippen LogP contribution in [-0.4, -0.2) is 20.4 Å². The fourth-order valence-electron chi connectivity index (χ4n) is 2.18. The van der Waals surface area contributed by atoms with E-state index in [1.807, 2.05) is 4.52 Å². The molecule has 3 aromatic rings. The standard InChI is InChI=1S/C15H17N3S2/c1-5-19-15-17-18-11(4)13(16-14(18)20-15)12-7-6-9(2)10(3)8-12/h6-8H,5H2,1-4H3. The minimum absolute atomic E-state index is 0.978. The van der Waals surface area contributed by atoms with Crippen molar-refractivity contribution in [1.29, 1.82) is 0 Å². The summed E-state index contributed by atoms with van der Waals surface area (Å²) in [6.07, 6.45) is 0. The summed E-state index contributed by atoms with van der Waals surface area (Å²) in [5.74, 6) is 1.04. The van der Waals surface area contributed by atoms with Crippen LogP contribution in [0.25, 0.3) is 16.2 Å². The van der Waals surface area contributed by atoms with Gasteiger partial charge in [0.25, 0.3) is 0 Å². The van der Waals surface area contributed by atoms with Crippen molar-refractivity contribution < 1.29 is 0 Å². The summed E-state index contributed by atoms with van der Waals surface area (Å²) in [6, 6.07) is 6.50. The van der Waals surface area contributed by atoms with Gasteiger partial charge in [0.1, 0.15) is 0 Å². The van der Waals surface area contributed by atoms with Crippen LogP contribution in [0.15, 0.2) is 22.5 Å². The second-order valence-corrected chi connectivity index (χ2v) is 7.31. The molecule has 0 radical (unpaired) electrons. The van der Waals surface area contributed by atoms with E-state index in [1.165, 1.54) is 16.7 Å². The Morgan fingerprint density at radius 1 is 1.20 bits per heavy atom. The molecule has 0 spiro atoms. The molecule has 0 saturated carbocycles. The molecule has 0 bridgehead atoms. The van der Waals surface area contributed by atoms with Crippen molar-refractivity contribution in [3.63, 3.8) is 0 Å². The molecule has 5 heteroatoms. The highest BCUT2D eigenvalue weighted by molar-refractivity contribution is 8.01. The van der Waals surface area contributed by atoms with Crippen LogP contribution in [0.2, 0.25) is 0 Å². The lowest BCUT2D eigenvalue weighted by Crippen LogP contribution is -1.90. The highest BCUT2D eigenvalue weighted by Gasteiger charge is 2.15. The maximum Gasteiger partial charge on any atom is 0.213 e. The second kappa shape index (κ2) is 5.22. The minimum atomic E-state index is 0.978. The molecule has 0 fully saturated rings. The Bertz CT molecular complexity index is 771. The first-order chi connectivity index (χ1) is 9.60. The third-order valence-corrected chi connectivity index (χ3v) is 5.38. The van der Waals surface area contributed by atoms with E-state index < -0.39 is 0 Å². The number of thioether (sulfide) groups is 1. The van der Waals surface area contributed by atoms with Crippen molar-refractivity contribution in [2.75, 3.05) is 5.75 Å². The van der Waals surface area contributed by atoms with Crippen molar-refractivity contribution in [3.8, 4) is 11.3 Å². The van der Waals surface area contributed by atoms with Crippen LogP contribution in [0.1, 0.15) is 23.7 Å². The van der Waals surface area contributed by atoms with Gasteiger partial charge in [0.05, 0.1) is 11.4 Å². The van der Waals surface area contributed by atoms with Gasteiger partial charge < -0.3 is 0 Å². The first-order valence-corrected chi connectivity index (χ1v) is 8.47. The Morgan fingerprint density at radius 3 is 2.65 bits per heavy atom. The largest absolute Gasteiger partial charge is 0.217 e. The van der Waals surface area contributed by atoms with E-state index >= 15 is 0 Å². The molecule has 3 nitrogen and oxygen atoms in total. The molecule has 2 aromatic heterocycles. The predicted molar refractivity (Wildman–Crippen MR) is 86.9 cm³/mol. The molecule has 0 aliphatic rings. The maximum atomic E-state index is 4.76. The lowest BCUT2D eigenvalue weighted by Gasteiger charge is -2.03. The van der Waals surface area contributed by atoms with Crippen molar-refractivity contribution in [2.45, 2.75) is 32.0 Å². The average Bonchev–Trinajstić information content (AvgIpc) is 2.93. The molecule has 2 heterocycles. The van der Waals surface area contributed by atoms with Gasteiger partial charge in [-0.15, -0.1) is 5.10 Å². The number of nitrogens with zero attached hydrogens (tertiary/aromatic N) is 3. The van der Waals surface area contributed by atoms with Crippen LogP contribution in [0.3, 0.4) is 0 Å². The van der Waals surface area contributed by atoms with Crippen LogP contribution in [-0.2, 0) is 0 Å². The Morgan fingerprint density at radius 2 is 2.00 bits per heavy atom. The second-order valence-electron chi connectivity index (χ2n) is 4.84. The van der Waals surface area contributed by atoms with Gasteiger partial charge in [-0.05, 0) is 43.7 Å². The molecule has 0 N–H and O–H groups in total. The third kappa shape index (κ3) is 2.25. The molecule has 0 amide bonds. The smallest absolute Gasteiger partial charge is 0.213 e. The molecule has 20 heavy (non-hydrogen) atoms. The highest BCUT2D eigenvalue weighted by Crippen LogP contribution is 2.30. The fraction of sp³-hybridized carbons (Fsp3) is 0.333. The quantitative estimate of drug-likeness (QED) is 0.668. The number of rotatable bonds is 3. The minimum Gasteiger partial charge on any atom is -0.217 e. The Hall–Kier alpha value is -1.33. The molecule has 3 rings (SSSR count).